The van der Waals surface area contributed by atoms with Crippen LogP contribution in [0.5, 0.6) is 11.5 Å². The van der Waals surface area contributed by atoms with Crippen LogP contribution >= 0.6 is 24.0 Å². The number of para-hydroxylation sites is 1. The Hall–Kier alpha value is -3.30. The topological polar surface area (TPSA) is 65.7 Å². The number of thiocarbonyl (C=S) groups is 1. The highest BCUT2D eigenvalue weighted by molar-refractivity contribution is 8.27. The maximum Gasteiger partial charge on any atom is 0.296 e. The van der Waals surface area contributed by atoms with Gasteiger partial charge in [0.15, 0.2) is 4.32 Å². The van der Waals surface area contributed by atoms with Crippen molar-refractivity contribution < 1.29 is 14.3 Å². The predicted molar refractivity (Wildman–Crippen MR) is 131 cm³/mol. The lowest BCUT2D eigenvalue weighted by atomic mass is 10.1. The summed E-state index contributed by atoms with van der Waals surface area (Å²) < 4.78 is 14.2. The summed E-state index contributed by atoms with van der Waals surface area (Å²) in [7, 11) is 4.91. The van der Waals surface area contributed by atoms with Crippen LogP contribution in [0.15, 0.2) is 58.2 Å². The van der Waals surface area contributed by atoms with Gasteiger partial charge in [0, 0.05) is 12.6 Å². The third-order valence-corrected chi connectivity index (χ3v) is 6.57. The number of carbonyl (C=O) groups is 1. The molecule has 0 bridgehead atoms. The highest BCUT2D eigenvalue weighted by Gasteiger charge is 2.37. The maximum atomic E-state index is 13.4. The molecule has 7 nitrogen and oxygen atoms in total. The Labute approximate surface area is 194 Å². The Balaban J connectivity index is 1.79. The molecule has 0 spiro atoms. The second-order valence-corrected chi connectivity index (χ2v) is 8.71. The van der Waals surface area contributed by atoms with Crippen molar-refractivity contribution in [3.8, 4) is 17.2 Å². The number of hydrogen-bond donors (Lipinski definition) is 0. The molecule has 0 N–H and O–H groups in total. The Morgan fingerprint density at radius 2 is 1.75 bits per heavy atom. The Morgan fingerprint density at radius 1 is 1.03 bits per heavy atom. The molecule has 2 heterocycles. The van der Waals surface area contributed by atoms with Crippen LogP contribution in [0.2, 0.25) is 0 Å². The van der Waals surface area contributed by atoms with Gasteiger partial charge >= 0.3 is 0 Å². The molecule has 0 saturated carbocycles. The standard InChI is InChI=1S/C23H21N3O4S2/c1-14-20(22(28)26(24(14)2)16-8-6-5-7-9-16)25-21(27)19(32-23(25)31)13-15-12-17(29-3)10-11-18(15)30-4/h5-13H,1-4H3. The average Bonchev–Trinajstić information content (AvgIpc) is 3.19. The van der Waals surface area contributed by atoms with Gasteiger partial charge in [-0.05, 0) is 43.3 Å². The van der Waals surface area contributed by atoms with Gasteiger partial charge < -0.3 is 9.47 Å². The van der Waals surface area contributed by atoms with Crippen molar-refractivity contribution in [2.75, 3.05) is 19.1 Å². The number of nitrogens with zero attached hydrogens (tertiary/aromatic N) is 3. The van der Waals surface area contributed by atoms with E-state index >= 15 is 0 Å². The molecule has 2 aromatic carbocycles. The van der Waals surface area contributed by atoms with E-state index in [-0.39, 0.29) is 17.2 Å². The number of amides is 1. The van der Waals surface area contributed by atoms with Crippen LogP contribution in [0.3, 0.4) is 0 Å². The molecular weight excluding hydrogens is 446 g/mol. The minimum atomic E-state index is -0.351. The highest BCUT2D eigenvalue weighted by Crippen LogP contribution is 2.38. The second kappa shape index (κ2) is 8.68. The van der Waals surface area contributed by atoms with E-state index < -0.39 is 0 Å². The Bertz CT molecular complexity index is 1310. The van der Waals surface area contributed by atoms with Crippen molar-refractivity contribution in [2.45, 2.75) is 6.92 Å². The molecule has 32 heavy (non-hydrogen) atoms. The molecule has 4 rings (SSSR count). The number of carbonyl (C=O) groups excluding carboxylic acids is 1. The zero-order valence-electron chi connectivity index (χ0n) is 18.0. The number of ether oxygens (including phenoxy) is 2. The molecule has 0 atom stereocenters. The van der Waals surface area contributed by atoms with Gasteiger partial charge in [0.05, 0.1) is 30.5 Å². The molecule has 0 unspecified atom stereocenters. The van der Waals surface area contributed by atoms with Gasteiger partial charge in [-0.1, -0.05) is 42.2 Å². The zero-order valence-corrected chi connectivity index (χ0v) is 19.6. The van der Waals surface area contributed by atoms with Crippen LogP contribution in [-0.2, 0) is 11.8 Å². The summed E-state index contributed by atoms with van der Waals surface area (Å²) in [5, 5.41) is 0. The summed E-state index contributed by atoms with van der Waals surface area (Å²) in [6, 6.07) is 14.6. The van der Waals surface area contributed by atoms with Crippen molar-refractivity contribution in [1.29, 1.82) is 0 Å². The lowest BCUT2D eigenvalue weighted by molar-refractivity contribution is -0.113. The molecule has 1 fully saturated rings. The predicted octanol–water partition coefficient (Wildman–Crippen LogP) is 3.91. The summed E-state index contributed by atoms with van der Waals surface area (Å²) in [4.78, 5) is 28.4. The first kappa shape index (κ1) is 21.9. The van der Waals surface area contributed by atoms with Crippen molar-refractivity contribution in [3.63, 3.8) is 0 Å². The number of rotatable bonds is 5. The van der Waals surface area contributed by atoms with Gasteiger partial charge in [-0.15, -0.1) is 0 Å². The molecule has 0 aliphatic carbocycles. The largest absolute Gasteiger partial charge is 0.497 e. The smallest absolute Gasteiger partial charge is 0.296 e. The highest BCUT2D eigenvalue weighted by atomic mass is 32.2. The first-order valence-electron chi connectivity index (χ1n) is 9.71. The minimum absolute atomic E-state index is 0.250. The molecule has 1 aliphatic rings. The fraction of sp³-hybridized carbons (Fsp3) is 0.174. The lowest BCUT2D eigenvalue weighted by Gasteiger charge is -2.12. The normalized spacial score (nSPS) is 15.0. The Kier molecular flexibility index (Phi) is 5.94. The number of benzene rings is 2. The molecule has 0 radical (unpaired) electrons. The monoisotopic (exact) mass is 467 g/mol. The Morgan fingerprint density at radius 3 is 2.41 bits per heavy atom. The van der Waals surface area contributed by atoms with Crippen LogP contribution in [0.25, 0.3) is 11.8 Å². The van der Waals surface area contributed by atoms with Gasteiger partial charge in [-0.2, -0.15) is 0 Å². The summed E-state index contributed by atoms with van der Waals surface area (Å²) in [6.45, 7) is 1.80. The van der Waals surface area contributed by atoms with E-state index in [9.17, 15) is 9.59 Å². The van der Waals surface area contributed by atoms with Crippen LogP contribution < -0.4 is 19.9 Å². The van der Waals surface area contributed by atoms with Gasteiger partial charge in [-0.3, -0.25) is 19.2 Å². The van der Waals surface area contributed by atoms with Gasteiger partial charge in [-0.25, -0.2) is 4.68 Å². The molecule has 3 aromatic rings. The van der Waals surface area contributed by atoms with Gasteiger partial charge in [0.25, 0.3) is 11.5 Å². The zero-order chi connectivity index (χ0) is 23.0. The van der Waals surface area contributed by atoms with E-state index in [1.807, 2.05) is 30.3 Å². The van der Waals surface area contributed by atoms with Crippen LogP contribution in [-0.4, -0.2) is 33.8 Å². The number of thioether (sulfide) groups is 1. The summed E-state index contributed by atoms with van der Waals surface area (Å²) >= 11 is 6.65. The van der Waals surface area contributed by atoms with Gasteiger partial charge in [0.1, 0.15) is 17.2 Å². The summed E-state index contributed by atoms with van der Waals surface area (Å²) in [5.41, 5.74) is 1.96. The number of aromatic nitrogens is 2. The molecule has 1 aliphatic heterocycles. The summed E-state index contributed by atoms with van der Waals surface area (Å²) in [5.74, 6) is 0.881. The van der Waals surface area contributed by atoms with Crippen molar-refractivity contribution in [3.05, 3.63) is 75.0 Å². The van der Waals surface area contributed by atoms with E-state index in [2.05, 4.69) is 0 Å². The maximum absolute atomic E-state index is 13.4. The van der Waals surface area contributed by atoms with Crippen LogP contribution in [0, 0.1) is 6.92 Å². The van der Waals surface area contributed by atoms with Crippen molar-refractivity contribution >= 4 is 46.0 Å². The third kappa shape index (κ3) is 3.63. The molecular formula is C23H21N3O4S2. The first-order valence-corrected chi connectivity index (χ1v) is 10.9. The number of methoxy groups -OCH3 is 2. The van der Waals surface area contributed by atoms with E-state index in [0.717, 1.165) is 11.8 Å². The molecule has 9 heteroatoms. The SMILES string of the molecule is COc1ccc(OC)c(C=C2SC(=S)N(c3c(C)n(C)n(-c4ccccc4)c3=O)C2=O)c1. The molecule has 1 aromatic heterocycles. The van der Waals surface area contributed by atoms with E-state index in [0.29, 0.717) is 37.7 Å². The molecule has 1 saturated heterocycles. The van der Waals surface area contributed by atoms with E-state index in [4.69, 9.17) is 21.7 Å². The van der Waals surface area contributed by atoms with E-state index in [1.54, 1.807) is 57.1 Å². The van der Waals surface area contributed by atoms with Gasteiger partial charge in [0.2, 0.25) is 0 Å². The molecule has 164 valence electrons. The molecule has 1 amide bonds. The van der Waals surface area contributed by atoms with E-state index in [1.165, 1.54) is 9.58 Å². The van der Waals surface area contributed by atoms with Crippen LogP contribution in [0.4, 0.5) is 5.69 Å². The first-order chi connectivity index (χ1) is 15.4. The fourth-order valence-electron chi connectivity index (χ4n) is 3.57. The second-order valence-electron chi connectivity index (χ2n) is 7.04. The van der Waals surface area contributed by atoms with Crippen molar-refractivity contribution in [2.24, 2.45) is 7.05 Å². The van der Waals surface area contributed by atoms with Crippen LogP contribution in [0.1, 0.15) is 11.3 Å². The number of hydrogen-bond acceptors (Lipinski definition) is 6. The lowest BCUT2D eigenvalue weighted by Crippen LogP contribution is -2.33. The third-order valence-electron chi connectivity index (χ3n) is 5.26. The van der Waals surface area contributed by atoms with Crippen molar-refractivity contribution in [1.82, 2.24) is 9.36 Å². The fourth-order valence-corrected chi connectivity index (χ4v) is 4.83. The number of anilines is 1. The average molecular weight is 468 g/mol. The quantitative estimate of drug-likeness (QED) is 0.419. The minimum Gasteiger partial charge on any atom is -0.497 e. The summed E-state index contributed by atoms with van der Waals surface area (Å²) in [6.07, 6.45) is 1.70.